The Labute approximate surface area is 122 Å². The molecule has 0 atom stereocenters. The summed E-state index contributed by atoms with van der Waals surface area (Å²) in [6.45, 7) is 3.65. The molecule has 1 aliphatic heterocycles. The van der Waals surface area contributed by atoms with Crippen LogP contribution in [0.2, 0.25) is 5.15 Å². The van der Waals surface area contributed by atoms with Gasteiger partial charge in [-0.05, 0) is 36.4 Å². The van der Waals surface area contributed by atoms with Gasteiger partial charge < -0.3 is 9.80 Å². The van der Waals surface area contributed by atoms with Crippen LogP contribution in [0.1, 0.15) is 0 Å². The Bertz CT molecular complexity index is 580. The Morgan fingerprint density at radius 1 is 0.900 bits per heavy atom. The first-order chi connectivity index (χ1) is 9.72. The van der Waals surface area contributed by atoms with Crippen molar-refractivity contribution >= 4 is 23.0 Å². The van der Waals surface area contributed by atoms with E-state index >= 15 is 0 Å². The molecule has 1 aromatic carbocycles. The van der Waals surface area contributed by atoms with Crippen LogP contribution in [-0.2, 0) is 0 Å². The fourth-order valence-electron chi connectivity index (χ4n) is 2.46. The van der Waals surface area contributed by atoms with Gasteiger partial charge in [0.2, 0.25) is 0 Å². The molecule has 0 radical (unpaired) electrons. The largest absolute Gasteiger partial charge is 0.368 e. The summed E-state index contributed by atoms with van der Waals surface area (Å²) in [5.41, 5.74) is 2.17. The number of aromatic nitrogens is 1. The highest BCUT2D eigenvalue weighted by Gasteiger charge is 2.17. The Morgan fingerprint density at radius 3 is 2.10 bits per heavy atom. The van der Waals surface area contributed by atoms with Crippen LogP contribution >= 0.6 is 11.6 Å². The molecule has 0 unspecified atom stereocenters. The molecule has 1 aromatic heterocycles. The van der Waals surface area contributed by atoms with Gasteiger partial charge in [-0.25, -0.2) is 9.37 Å². The lowest BCUT2D eigenvalue weighted by Gasteiger charge is -2.37. The lowest BCUT2D eigenvalue weighted by atomic mass is 10.2. The zero-order valence-electron chi connectivity index (χ0n) is 11.0. The Balaban J connectivity index is 1.66. The summed E-state index contributed by atoms with van der Waals surface area (Å²) in [6.07, 6.45) is 1.73. The van der Waals surface area contributed by atoms with Crippen LogP contribution in [0.15, 0.2) is 42.6 Å². The smallest absolute Gasteiger partial charge is 0.131 e. The highest BCUT2D eigenvalue weighted by Crippen LogP contribution is 2.22. The number of hydrogen-bond acceptors (Lipinski definition) is 3. The molecule has 104 valence electrons. The average Bonchev–Trinajstić information content (AvgIpc) is 2.48. The molecule has 2 heterocycles. The van der Waals surface area contributed by atoms with E-state index in [9.17, 15) is 4.39 Å². The predicted molar refractivity (Wildman–Crippen MR) is 80.1 cm³/mol. The molecule has 0 saturated carbocycles. The van der Waals surface area contributed by atoms with Gasteiger partial charge in [0.25, 0.3) is 0 Å². The summed E-state index contributed by atoms with van der Waals surface area (Å²) in [5.74, 6) is -0.196. The fourth-order valence-corrected chi connectivity index (χ4v) is 2.63. The van der Waals surface area contributed by atoms with Gasteiger partial charge in [-0.2, -0.15) is 0 Å². The number of anilines is 2. The van der Waals surface area contributed by atoms with E-state index in [0.717, 1.165) is 37.6 Å². The van der Waals surface area contributed by atoms with Crippen LogP contribution in [0.4, 0.5) is 15.8 Å². The molecule has 3 nitrogen and oxygen atoms in total. The fraction of sp³-hybridized carbons (Fsp3) is 0.267. The van der Waals surface area contributed by atoms with Crippen LogP contribution in [0.3, 0.4) is 0 Å². The number of piperazine rings is 1. The first kappa shape index (κ1) is 13.2. The van der Waals surface area contributed by atoms with Crippen LogP contribution in [0, 0.1) is 5.82 Å². The third kappa shape index (κ3) is 2.85. The molecule has 1 fully saturated rings. The minimum atomic E-state index is -0.196. The van der Waals surface area contributed by atoms with Gasteiger partial charge in [-0.1, -0.05) is 11.6 Å². The molecule has 0 bridgehead atoms. The van der Waals surface area contributed by atoms with Crippen LogP contribution in [0.25, 0.3) is 0 Å². The van der Waals surface area contributed by atoms with Gasteiger partial charge in [0, 0.05) is 43.8 Å². The summed E-state index contributed by atoms with van der Waals surface area (Å²) < 4.78 is 12.9. The minimum Gasteiger partial charge on any atom is -0.368 e. The minimum absolute atomic E-state index is 0.196. The number of nitrogens with zero attached hydrogens (tertiary/aromatic N) is 3. The van der Waals surface area contributed by atoms with Gasteiger partial charge >= 0.3 is 0 Å². The normalized spacial score (nSPS) is 15.5. The number of halogens is 2. The van der Waals surface area contributed by atoms with E-state index in [0.29, 0.717) is 5.15 Å². The molecule has 1 aliphatic rings. The van der Waals surface area contributed by atoms with E-state index in [-0.39, 0.29) is 5.82 Å². The highest BCUT2D eigenvalue weighted by atomic mass is 35.5. The lowest BCUT2D eigenvalue weighted by Crippen LogP contribution is -2.46. The predicted octanol–water partition coefficient (Wildman–Crippen LogP) is 3.20. The van der Waals surface area contributed by atoms with E-state index in [4.69, 9.17) is 11.6 Å². The van der Waals surface area contributed by atoms with E-state index in [1.807, 2.05) is 24.3 Å². The SMILES string of the molecule is Fc1ccc(N2CCN(c3ccnc(Cl)c3)CC2)cc1. The maximum Gasteiger partial charge on any atom is 0.131 e. The van der Waals surface area contributed by atoms with E-state index in [1.54, 1.807) is 6.20 Å². The van der Waals surface area contributed by atoms with Gasteiger partial charge in [-0.15, -0.1) is 0 Å². The van der Waals surface area contributed by atoms with Crippen molar-refractivity contribution in [1.82, 2.24) is 4.98 Å². The van der Waals surface area contributed by atoms with Crippen molar-refractivity contribution in [3.8, 4) is 0 Å². The Morgan fingerprint density at radius 2 is 1.50 bits per heavy atom. The number of benzene rings is 1. The van der Waals surface area contributed by atoms with Crippen molar-refractivity contribution < 1.29 is 4.39 Å². The monoisotopic (exact) mass is 291 g/mol. The highest BCUT2D eigenvalue weighted by molar-refractivity contribution is 6.29. The molecule has 0 aliphatic carbocycles. The maximum absolute atomic E-state index is 12.9. The van der Waals surface area contributed by atoms with Crippen LogP contribution in [0.5, 0.6) is 0 Å². The van der Waals surface area contributed by atoms with Crippen molar-refractivity contribution in [3.05, 3.63) is 53.6 Å². The molecule has 5 heteroatoms. The quantitative estimate of drug-likeness (QED) is 0.792. The van der Waals surface area contributed by atoms with Crippen molar-refractivity contribution in [2.75, 3.05) is 36.0 Å². The topological polar surface area (TPSA) is 19.4 Å². The summed E-state index contributed by atoms with van der Waals surface area (Å²) in [4.78, 5) is 8.55. The molecular weight excluding hydrogens is 277 g/mol. The standard InChI is InChI=1S/C15H15ClFN3/c16-15-11-14(5-6-18-15)20-9-7-19(8-10-20)13-3-1-12(17)2-4-13/h1-6,11H,7-10H2. The Kier molecular flexibility index (Phi) is 3.74. The van der Waals surface area contributed by atoms with Crippen LogP contribution in [-0.4, -0.2) is 31.2 Å². The summed E-state index contributed by atoms with van der Waals surface area (Å²) >= 11 is 5.92. The molecule has 2 aromatic rings. The summed E-state index contributed by atoms with van der Waals surface area (Å²) in [5, 5.41) is 0.517. The van der Waals surface area contributed by atoms with E-state index in [1.165, 1.54) is 12.1 Å². The zero-order valence-corrected chi connectivity index (χ0v) is 11.7. The van der Waals surface area contributed by atoms with Crippen molar-refractivity contribution in [3.63, 3.8) is 0 Å². The number of rotatable bonds is 2. The maximum atomic E-state index is 12.9. The molecule has 3 rings (SSSR count). The molecule has 0 amide bonds. The molecular formula is C15H15ClFN3. The summed E-state index contributed by atoms with van der Waals surface area (Å²) in [7, 11) is 0. The van der Waals surface area contributed by atoms with Crippen molar-refractivity contribution in [1.29, 1.82) is 0 Å². The van der Waals surface area contributed by atoms with E-state index in [2.05, 4.69) is 14.8 Å². The lowest BCUT2D eigenvalue weighted by molar-refractivity contribution is 0.625. The van der Waals surface area contributed by atoms with E-state index < -0.39 is 0 Å². The average molecular weight is 292 g/mol. The second kappa shape index (κ2) is 5.67. The third-order valence-electron chi connectivity index (χ3n) is 3.55. The van der Waals surface area contributed by atoms with Crippen molar-refractivity contribution in [2.24, 2.45) is 0 Å². The molecule has 0 spiro atoms. The van der Waals surface area contributed by atoms with Gasteiger partial charge in [-0.3, -0.25) is 0 Å². The second-order valence-corrected chi connectivity index (χ2v) is 5.17. The number of hydrogen-bond donors (Lipinski definition) is 0. The molecule has 20 heavy (non-hydrogen) atoms. The van der Waals surface area contributed by atoms with Crippen LogP contribution < -0.4 is 9.80 Å². The molecule has 1 saturated heterocycles. The zero-order chi connectivity index (χ0) is 13.9. The number of pyridine rings is 1. The summed E-state index contributed by atoms with van der Waals surface area (Å²) in [6, 6.07) is 10.5. The first-order valence-electron chi connectivity index (χ1n) is 6.59. The van der Waals surface area contributed by atoms with Gasteiger partial charge in [0.15, 0.2) is 0 Å². The van der Waals surface area contributed by atoms with Gasteiger partial charge in [0.05, 0.1) is 0 Å². The van der Waals surface area contributed by atoms with Gasteiger partial charge in [0.1, 0.15) is 11.0 Å². The third-order valence-corrected chi connectivity index (χ3v) is 3.75. The molecule has 0 N–H and O–H groups in total. The van der Waals surface area contributed by atoms with Crippen molar-refractivity contribution in [2.45, 2.75) is 0 Å². The first-order valence-corrected chi connectivity index (χ1v) is 6.97. The Hall–Kier alpha value is -1.81. The second-order valence-electron chi connectivity index (χ2n) is 4.79.